The molecule has 0 aliphatic carbocycles. The third-order valence-electron chi connectivity index (χ3n) is 3.58. The first kappa shape index (κ1) is 17.7. The maximum atomic E-state index is 11.9. The first-order valence-electron chi connectivity index (χ1n) is 7.92. The summed E-state index contributed by atoms with van der Waals surface area (Å²) in [4.78, 5) is 35.3. The molecule has 1 aromatic heterocycles. The van der Waals surface area contributed by atoms with Gasteiger partial charge in [-0.1, -0.05) is 31.5 Å². The van der Waals surface area contributed by atoms with Crippen LogP contribution in [0.25, 0.3) is 10.8 Å². The number of H-pyrrole nitrogens is 1. The molecule has 0 fully saturated rings. The molecule has 24 heavy (non-hydrogen) atoms. The molecule has 0 saturated heterocycles. The molecule has 1 atom stereocenters. The van der Waals surface area contributed by atoms with Gasteiger partial charge in [-0.15, -0.1) is 0 Å². The van der Waals surface area contributed by atoms with Gasteiger partial charge in [0.15, 0.2) is 6.61 Å². The van der Waals surface area contributed by atoms with Gasteiger partial charge < -0.3 is 10.1 Å². The fraction of sp³-hybridized carbons (Fsp3) is 0.412. The summed E-state index contributed by atoms with van der Waals surface area (Å²) >= 11 is 0. The van der Waals surface area contributed by atoms with Gasteiger partial charge in [-0.2, -0.15) is 5.10 Å². The van der Waals surface area contributed by atoms with E-state index in [4.69, 9.17) is 4.74 Å². The third-order valence-corrected chi connectivity index (χ3v) is 3.58. The van der Waals surface area contributed by atoms with E-state index in [0.717, 1.165) is 12.8 Å². The highest BCUT2D eigenvalue weighted by molar-refractivity contribution is 5.87. The fourth-order valence-corrected chi connectivity index (χ4v) is 2.46. The number of aromatic amines is 1. The predicted molar refractivity (Wildman–Crippen MR) is 89.5 cm³/mol. The highest BCUT2D eigenvalue weighted by Gasteiger charge is 2.14. The Hall–Kier alpha value is -2.70. The Labute approximate surface area is 139 Å². The molecule has 0 bridgehead atoms. The van der Waals surface area contributed by atoms with Crippen LogP contribution in [-0.2, 0) is 20.7 Å². The fourth-order valence-electron chi connectivity index (χ4n) is 2.46. The van der Waals surface area contributed by atoms with Gasteiger partial charge in [-0.3, -0.25) is 14.4 Å². The molecule has 0 aliphatic heterocycles. The lowest BCUT2D eigenvalue weighted by molar-refractivity contribution is -0.148. The first-order valence-corrected chi connectivity index (χ1v) is 7.92. The van der Waals surface area contributed by atoms with Crippen molar-refractivity contribution in [2.24, 2.45) is 0 Å². The molecule has 7 nitrogen and oxygen atoms in total. The first-order chi connectivity index (χ1) is 11.5. The molecule has 0 spiro atoms. The average Bonchev–Trinajstić information content (AvgIpc) is 2.56. The number of rotatable bonds is 7. The van der Waals surface area contributed by atoms with Gasteiger partial charge in [0.25, 0.3) is 11.5 Å². The van der Waals surface area contributed by atoms with Crippen LogP contribution in [0.4, 0.5) is 0 Å². The van der Waals surface area contributed by atoms with Crippen molar-refractivity contribution in [1.82, 2.24) is 15.5 Å². The van der Waals surface area contributed by atoms with Crippen molar-refractivity contribution in [2.45, 2.75) is 39.2 Å². The molecule has 2 rings (SSSR count). The Balaban J connectivity index is 1.95. The van der Waals surface area contributed by atoms with Gasteiger partial charge in [0.2, 0.25) is 0 Å². The number of esters is 1. The van der Waals surface area contributed by atoms with Crippen LogP contribution >= 0.6 is 0 Å². The van der Waals surface area contributed by atoms with Crippen molar-refractivity contribution < 1.29 is 14.3 Å². The maximum absolute atomic E-state index is 11.9. The Kier molecular flexibility index (Phi) is 6.06. The van der Waals surface area contributed by atoms with Gasteiger partial charge in [0.1, 0.15) is 0 Å². The van der Waals surface area contributed by atoms with Crippen LogP contribution in [0.1, 0.15) is 32.4 Å². The summed E-state index contributed by atoms with van der Waals surface area (Å²) in [5.41, 5.74) is 0.0990. The molecule has 2 aromatic rings. The van der Waals surface area contributed by atoms with Crippen LogP contribution in [0.5, 0.6) is 0 Å². The summed E-state index contributed by atoms with van der Waals surface area (Å²) in [5.74, 6) is -0.901. The van der Waals surface area contributed by atoms with E-state index < -0.39 is 5.97 Å². The molecular weight excluding hydrogens is 310 g/mol. The summed E-state index contributed by atoms with van der Waals surface area (Å²) in [6.45, 7) is 3.61. The molecule has 0 unspecified atom stereocenters. The van der Waals surface area contributed by atoms with Crippen molar-refractivity contribution in [1.29, 1.82) is 0 Å². The van der Waals surface area contributed by atoms with Gasteiger partial charge in [0.05, 0.1) is 17.5 Å². The van der Waals surface area contributed by atoms with Crippen molar-refractivity contribution in [3.8, 4) is 0 Å². The van der Waals surface area contributed by atoms with Crippen LogP contribution in [0.3, 0.4) is 0 Å². The van der Waals surface area contributed by atoms with Crippen LogP contribution in [0.2, 0.25) is 0 Å². The zero-order valence-corrected chi connectivity index (χ0v) is 13.8. The lowest BCUT2D eigenvalue weighted by Crippen LogP contribution is -2.35. The lowest BCUT2D eigenvalue weighted by atomic mass is 10.1. The van der Waals surface area contributed by atoms with Crippen LogP contribution in [0, 0.1) is 0 Å². The van der Waals surface area contributed by atoms with Crippen molar-refractivity contribution in [2.75, 3.05) is 6.61 Å². The molecule has 0 saturated carbocycles. The number of nitrogens with one attached hydrogen (secondary N) is 2. The number of hydrogen-bond acceptors (Lipinski definition) is 5. The second-order valence-electron chi connectivity index (χ2n) is 5.64. The number of ether oxygens (including phenoxy) is 1. The van der Waals surface area contributed by atoms with E-state index in [1.807, 2.05) is 13.8 Å². The average molecular weight is 331 g/mol. The van der Waals surface area contributed by atoms with E-state index in [1.54, 1.807) is 24.3 Å². The summed E-state index contributed by atoms with van der Waals surface area (Å²) in [6, 6.07) is 6.93. The Morgan fingerprint density at radius 3 is 2.71 bits per heavy atom. The summed E-state index contributed by atoms with van der Waals surface area (Å²) in [5, 5.41) is 10.1. The van der Waals surface area contributed by atoms with Crippen LogP contribution < -0.4 is 10.9 Å². The normalized spacial score (nSPS) is 11.9. The number of amides is 1. The number of hydrogen-bond donors (Lipinski definition) is 2. The maximum Gasteiger partial charge on any atom is 0.312 e. The quantitative estimate of drug-likeness (QED) is 0.745. The second kappa shape index (κ2) is 8.24. The minimum Gasteiger partial charge on any atom is -0.455 e. The Bertz CT molecular complexity index is 785. The van der Waals surface area contributed by atoms with Crippen LogP contribution in [0.15, 0.2) is 29.1 Å². The molecule has 128 valence electrons. The highest BCUT2D eigenvalue weighted by Crippen LogP contribution is 2.13. The topological polar surface area (TPSA) is 101 Å². The standard InChI is InChI=1S/C17H21N3O4/c1-3-6-11(2)18-15(21)10-24-16(22)9-14-12-7-4-5-8-13(12)17(23)20-19-14/h4-5,7-8,11H,3,6,9-10H2,1-2H3,(H,18,21)(H,20,23)/t11-/m0/s1. The molecule has 1 heterocycles. The molecule has 0 aliphatic rings. The van der Waals surface area contributed by atoms with Crippen molar-refractivity contribution in [3.05, 3.63) is 40.3 Å². The molecule has 7 heteroatoms. The lowest BCUT2D eigenvalue weighted by Gasteiger charge is -2.12. The number of aromatic nitrogens is 2. The van der Waals surface area contributed by atoms with Gasteiger partial charge in [-0.25, -0.2) is 5.10 Å². The monoisotopic (exact) mass is 331 g/mol. The van der Waals surface area contributed by atoms with E-state index in [1.165, 1.54) is 0 Å². The van der Waals surface area contributed by atoms with Crippen molar-refractivity contribution >= 4 is 22.6 Å². The van der Waals surface area contributed by atoms with E-state index in [2.05, 4.69) is 15.5 Å². The number of carbonyl (C=O) groups is 2. The number of fused-ring (bicyclic) bond motifs is 1. The van der Waals surface area contributed by atoms with E-state index in [9.17, 15) is 14.4 Å². The van der Waals surface area contributed by atoms with Crippen molar-refractivity contribution in [3.63, 3.8) is 0 Å². The Morgan fingerprint density at radius 1 is 1.29 bits per heavy atom. The van der Waals surface area contributed by atoms with Gasteiger partial charge in [0, 0.05) is 11.4 Å². The largest absolute Gasteiger partial charge is 0.455 e. The SMILES string of the molecule is CCC[C@H](C)NC(=O)COC(=O)Cc1n[nH]c(=O)c2ccccc12. The number of benzene rings is 1. The number of nitrogens with zero attached hydrogens (tertiary/aromatic N) is 1. The van der Waals surface area contributed by atoms with Crippen LogP contribution in [-0.4, -0.2) is 34.7 Å². The molecule has 2 N–H and O–H groups in total. The van der Waals surface area contributed by atoms with E-state index in [-0.39, 0.29) is 30.5 Å². The summed E-state index contributed by atoms with van der Waals surface area (Å²) < 4.78 is 4.98. The molecule has 1 aromatic carbocycles. The third kappa shape index (κ3) is 4.65. The summed E-state index contributed by atoms with van der Waals surface area (Å²) in [7, 11) is 0. The zero-order chi connectivity index (χ0) is 17.5. The number of carbonyl (C=O) groups excluding carboxylic acids is 2. The van der Waals surface area contributed by atoms with E-state index >= 15 is 0 Å². The summed E-state index contributed by atoms with van der Waals surface area (Å²) in [6.07, 6.45) is 1.72. The van der Waals surface area contributed by atoms with Gasteiger partial charge in [-0.05, 0) is 19.4 Å². The molecule has 1 amide bonds. The minimum absolute atomic E-state index is 0.0472. The molecule has 0 radical (unpaired) electrons. The van der Waals surface area contributed by atoms with Gasteiger partial charge >= 0.3 is 5.97 Å². The zero-order valence-electron chi connectivity index (χ0n) is 13.8. The van der Waals surface area contributed by atoms with E-state index in [0.29, 0.717) is 16.5 Å². The second-order valence-corrected chi connectivity index (χ2v) is 5.64. The predicted octanol–water partition coefficient (Wildman–Crippen LogP) is 1.31. The highest BCUT2D eigenvalue weighted by atomic mass is 16.5. The molecular formula is C17H21N3O4. The minimum atomic E-state index is -0.571. The smallest absolute Gasteiger partial charge is 0.312 e. The Morgan fingerprint density at radius 2 is 2.00 bits per heavy atom.